The fourth-order valence-electron chi connectivity index (χ4n) is 3.58. The maximum atomic E-state index is 13.1. The zero-order chi connectivity index (χ0) is 19.3. The topological polar surface area (TPSA) is 68.5 Å². The van der Waals surface area contributed by atoms with Crippen molar-refractivity contribution in [3.05, 3.63) is 77.6 Å². The van der Waals surface area contributed by atoms with Gasteiger partial charge in [0.05, 0.1) is 18.9 Å². The van der Waals surface area contributed by atoms with E-state index in [4.69, 9.17) is 9.15 Å². The Morgan fingerprint density at radius 3 is 2.75 bits per heavy atom. The van der Waals surface area contributed by atoms with E-state index < -0.39 is 0 Å². The summed E-state index contributed by atoms with van der Waals surface area (Å²) in [5.74, 6) is 1.86. The first-order chi connectivity index (χ1) is 13.7. The lowest BCUT2D eigenvalue weighted by Crippen LogP contribution is -2.38. The Morgan fingerprint density at radius 2 is 2.00 bits per heavy atom. The molecule has 28 heavy (non-hydrogen) atoms. The van der Waals surface area contributed by atoms with Gasteiger partial charge in [0.25, 0.3) is 5.91 Å². The van der Waals surface area contributed by atoms with Crippen molar-refractivity contribution in [3.8, 4) is 5.88 Å². The van der Waals surface area contributed by atoms with Crippen LogP contribution < -0.4 is 4.74 Å². The molecule has 1 atom stereocenters. The van der Waals surface area contributed by atoms with Crippen LogP contribution in [0.1, 0.15) is 52.9 Å². The number of oxazole rings is 1. The van der Waals surface area contributed by atoms with Gasteiger partial charge in [-0.1, -0.05) is 30.3 Å². The first kappa shape index (κ1) is 18.2. The van der Waals surface area contributed by atoms with E-state index in [0.29, 0.717) is 30.3 Å². The number of rotatable bonds is 5. The molecule has 0 N–H and O–H groups in total. The fraction of sp³-hybridized carbons (Fsp3) is 0.318. The van der Waals surface area contributed by atoms with Crippen molar-refractivity contribution < 1.29 is 13.9 Å². The summed E-state index contributed by atoms with van der Waals surface area (Å²) in [6.45, 7) is 0.686. The average Bonchev–Trinajstić information content (AvgIpc) is 3.22. The summed E-state index contributed by atoms with van der Waals surface area (Å²) in [7, 11) is 1.56. The Kier molecular flexibility index (Phi) is 5.37. The van der Waals surface area contributed by atoms with Crippen LogP contribution in [0.15, 0.2) is 59.3 Å². The first-order valence-electron chi connectivity index (χ1n) is 9.54. The standard InChI is InChI=1S/C22H23N3O3/c1-27-20-11-10-17(14-23-20)22(26)25-12-6-5-9-19(25)21-24-15-18(28-21)13-16-7-3-2-4-8-16/h2-4,7-8,10-11,14-15,19H,5-6,9,12-13H2,1H3/t19-/m1/s1. The molecule has 6 heteroatoms. The van der Waals surface area contributed by atoms with Gasteiger partial charge in [-0.3, -0.25) is 4.79 Å². The number of nitrogens with zero attached hydrogens (tertiary/aromatic N) is 3. The summed E-state index contributed by atoms with van der Waals surface area (Å²) in [4.78, 5) is 23.6. The monoisotopic (exact) mass is 377 g/mol. The second-order valence-corrected chi connectivity index (χ2v) is 6.93. The van der Waals surface area contributed by atoms with E-state index in [1.54, 1.807) is 31.6 Å². The molecule has 0 radical (unpaired) electrons. The van der Waals surface area contributed by atoms with Crippen molar-refractivity contribution >= 4 is 5.91 Å². The number of likely N-dealkylation sites (tertiary alicyclic amines) is 1. The summed E-state index contributed by atoms with van der Waals surface area (Å²) in [6.07, 6.45) is 6.89. The van der Waals surface area contributed by atoms with E-state index in [9.17, 15) is 4.79 Å². The number of amides is 1. The molecule has 1 saturated heterocycles. The number of piperidine rings is 1. The SMILES string of the molecule is COc1ccc(C(=O)N2CCCC[C@@H]2c2ncc(Cc3ccccc3)o2)cn1. The number of hydrogen-bond donors (Lipinski definition) is 0. The fourth-order valence-corrected chi connectivity index (χ4v) is 3.58. The Balaban J connectivity index is 1.53. The third kappa shape index (κ3) is 3.91. The van der Waals surface area contributed by atoms with E-state index in [1.165, 1.54) is 5.56 Å². The van der Waals surface area contributed by atoms with Crippen molar-refractivity contribution in [2.45, 2.75) is 31.7 Å². The number of pyridine rings is 1. The molecule has 1 fully saturated rings. The van der Waals surface area contributed by atoms with Crippen molar-refractivity contribution in [2.75, 3.05) is 13.7 Å². The molecule has 3 heterocycles. The summed E-state index contributed by atoms with van der Waals surface area (Å²) >= 11 is 0. The number of benzene rings is 1. The van der Waals surface area contributed by atoms with Crippen molar-refractivity contribution in [3.63, 3.8) is 0 Å². The lowest BCUT2D eigenvalue weighted by Gasteiger charge is -2.33. The third-order valence-electron chi connectivity index (χ3n) is 5.03. The lowest BCUT2D eigenvalue weighted by atomic mass is 10.0. The highest BCUT2D eigenvalue weighted by Crippen LogP contribution is 2.32. The minimum atomic E-state index is -0.145. The molecule has 1 aromatic carbocycles. The van der Waals surface area contributed by atoms with Gasteiger partial charge in [-0.05, 0) is 30.9 Å². The molecule has 2 aromatic heterocycles. The number of carbonyl (C=O) groups is 1. The van der Waals surface area contributed by atoms with Gasteiger partial charge in [-0.15, -0.1) is 0 Å². The van der Waals surface area contributed by atoms with E-state index in [1.807, 2.05) is 23.1 Å². The smallest absolute Gasteiger partial charge is 0.256 e. The molecule has 0 aliphatic carbocycles. The Hall–Kier alpha value is -3.15. The molecule has 0 bridgehead atoms. The highest BCUT2D eigenvalue weighted by molar-refractivity contribution is 5.94. The van der Waals surface area contributed by atoms with Crippen molar-refractivity contribution in [1.82, 2.24) is 14.9 Å². The molecule has 0 saturated carbocycles. The van der Waals surface area contributed by atoms with Crippen LogP contribution in [-0.2, 0) is 6.42 Å². The number of carbonyl (C=O) groups excluding carboxylic acids is 1. The van der Waals surface area contributed by atoms with Gasteiger partial charge in [-0.2, -0.15) is 0 Å². The van der Waals surface area contributed by atoms with E-state index in [0.717, 1.165) is 25.0 Å². The molecule has 3 aromatic rings. The third-order valence-corrected chi connectivity index (χ3v) is 5.03. The maximum absolute atomic E-state index is 13.1. The normalized spacial score (nSPS) is 16.8. The molecule has 1 aliphatic heterocycles. The Morgan fingerprint density at radius 1 is 1.14 bits per heavy atom. The number of aromatic nitrogens is 2. The predicted octanol–water partition coefficient (Wildman–Crippen LogP) is 4.04. The van der Waals surface area contributed by atoms with Crippen LogP contribution in [0.25, 0.3) is 0 Å². The molecular formula is C22H23N3O3. The minimum absolute atomic E-state index is 0.0531. The number of hydrogen-bond acceptors (Lipinski definition) is 5. The van der Waals surface area contributed by atoms with Crippen LogP contribution >= 0.6 is 0 Å². The number of ether oxygens (including phenoxy) is 1. The first-order valence-corrected chi connectivity index (χ1v) is 9.54. The quantitative estimate of drug-likeness (QED) is 0.671. The molecule has 144 valence electrons. The molecule has 4 rings (SSSR count). The second-order valence-electron chi connectivity index (χ2n) is 6.93. The van der Waals surface area contributed by atoms with Crippen LogP contribution in [0.4, 0.5) is 0 Å². The molecule has 1 amide bonds. The number of methoxy groups -OCH3 is 1. The second kappa shape index (κ2) is 8.25. The minimum Gasteiger partial charge on any atom is -0.481 e. The van der Waals surface area contributed by atoms with Gasteiger partial charge in [0.2, 0.25) is 11.8 Å². The molecule has 6 nitrogen and oxygen atoms in total. The molecular weight excluding hydrogens is 354 g/mol. The summed E-state index contributed by atoms with van der Waals surface area (Å²) in [6, 6.07) is 13.5. The zero-order valence-electron chi connectivity index (χ0n) is 15.9. The largest absolute Gasteiger partial charge is 0.481 e. The predicted molar refractivity (Wildman–Crippen MR) is 104 cm³/mol. The van der Waals surface area contributed by atoms with E-state index in [2.05, 4.69) is 22.1 Å². The maximum Gasteiger partial charge on any atom is 0.256 e. The van der Waals surface area contributed by atoms with Gasteiger partial charge >= 0.3 is 0 Å². The molecule has 1 aliphatic rings. The highest BCUT2D eigenvalue weighted by Gasteiger charge is 2.32. The van der Waals surface area contributed by atoms with Gasteiger partial charge in [0.15, 0.2) is 0 Å². The summed E-state index contributed by atoms with van der Waals surface area (Å²) in [5, 5.41) is 0. The van der Waals surface area contributed by atoms with Crippen LogP contribution in [0.2, 0.25) is 0 Å². The Labute approximate surface area is 164 Å². The van der Waals surface area contributed by atoms with Crippen molar-refractivity contribution in [1.29, 1.82) is 0 Å². The van der Waals surface area contributed by atoms with Gasteiger partial charge in [-0.25, -0.2) is 9.97 Å². The van der Waals surface area contributed by atoms with Gasteiger partial charge < -0.3 is 14.1 Å². The van der Waals surface area contributed by atoms with E-state index >= 15 is 0 Å². The van der Waals surface area contributed by atoms with Gasteiger partial charge in [0, 0.05) is 25.2 Å². The molecule has 0 spiro atoms. The Bertz CT molecular complexity index is 922. The zero-order valence-corrected chi connectivity index (χ0v) is 15.9. The van der Waals surface area contributed by atoms with Crippen molar-refractivity contribution in [2.24, 2.45) is 0 Å². The van der Waals surface area contributed by atoms with Crippen LogP contribution in [-0.4, -0.2) is 34.4 Å². The lowest BCUT2D eigenvalue weighted by molar-refractivity contribution is 0.0569. The summed E-state index contributed by atoms with van der Waals surface area (Å²) < 4.78 is 11.1. The average molecular weight is 377 g/mol. The summed E-state index contributed by atoms with van der Waals surface area (Å²) in [5.41, 5.74) is 1.72. The van der Waals surface area contributed by atoms with Gasteiger partial charge in [0.1, 0.15) is 11.8 Å². The van der Waals surface area contributed by atoms with E-state index in [-0.39, 0.29) is 11.9 Å². The van der Waals surface area contributed by atoms with Crippen LogP contribution in [0, 0.1) is 0 Å². The van der Waals surface area contributed by atoms with Crippen LogP contribution in [0.5, 0.6) is 5.88 Å². The van der Waals surface area contributed by atoms with Crippen LogP contribution in [0.3, 0.4) is 0 Å². The highest BCUT2D eigenvalue weighted by atomic mass is 16.5. The molecule has 0 unspecified atom stereocenters.